The third-order valence-electron chi connectivity index (χ3n) is 2.56. The van der Waals surface area contributed by atoms with Crippen LogP contribution in [0.1, 0.15) is 0 Å². The maximum Gasteiger partial charge on any atom is 0.115 e. The van der Waals surface area contributed by atoms with Crippen molar-refractivity contribution in [3.63, 3.8) is 0 Å². The fourth-order valence-corrected chi connectivity index (χ4v) is 2.95. The number of aromatic nitrogens is 2. The molecule has 0 aliphatic heterocycles. The van der Waals surface area contributed by atoms with E-state index in [-0.39, 0.29) is 0 Å². The number of fused-ring (bicyclic) bond motifs is 2. The molecule has 84 valence electrons. The highest BCUT2D eigenvalue weighted by atomic mass is 79.9. The number of nitrogens with two attached hydrogens (primary N) is 1. The Balaban J connectivity index is 2.56. The van der Waals surface area contributed by atoms with E-state index in [4.69, 9.17) is 5.73 Å². The Morgan fingerprint density at radius 1 is 0.882 bits per heavy atom. The standard InChI is InChI=1S/C12H7Br2N3/c13-6-5-7(14)11-12(10(6)15)17-9-4-2-1-3-8(9)16-11/h1-5H,15H2. The summed E-state index contributed by atoms with van der Waals surface area (Å²) in [6.45, 7) is 0. The zero-order valence-electron chi connectivity index (χ0n) is 8.61. The van der Waals surface area contributed by atoms with E-state index in [1.165, 1.54) is 0 Å². The van der Waals surface area contributed by atoms with Crippen LogP contribution in [0.15, 0.2) is 39.3 Å². The smallest absolute Gasteiger partial charge is 0.115 e. The molecule has 2 aromatic carbocycles. The van der Waals surface area contributed by atoms with E-state index in [1.54, 1.807) is 0 Å². The zero-order chi connectivity index (χ0) is 12.0. The minimum absolute atomic E-state index is 0.612. The topological polar surface area (TPSA) is 51.8 Å². The van der Waals surface area contributed by atoms with Crippen LogP contribution in [0, 0.1) is 0 Å². The third kappa shape index (κ3) is 1.70. The highest BCUT2D eigenvalue weighted by Gasteiger charge is 2.10. The monoisotopic (exact) mass is 351 g/mol. The highest BCUT2D eigenvalue weighted by Crippen LogP contribution is 2.33. The van der Waals surface area contributed by atoms with Gasteiger partial charge in [0, 0.05) is 8.95 Å². The summed E-state index contributed by atoms with van der Waals surface area (Å²) in [5.41, 5.74) is 9.82. The van der Waals surface area contributed by atoms with Crippen LogP contribution in [0.3, 0.4) is 0 Å². The number of hydrogen-bond acceptors (Lipinski definition) is 3. The second-order valence-electron chi connectivity index (χ2n) is 3.66. The summed E-state index contributed by atoms with van der Waals surface area (Å²) in [7, 11) is 0. The van der Waals surface area contributed by atoms with Crippen molar-refractivity contribution in [2.75, 3.05) is 5.73 Å². The number of hydrogen-bond donors (Lipinski definition) is 1. The molecule has 0 unspecified atom stereocenters. The lowest BCUT2D eigenvalue weighted by Crippen LogP contribution is -1.95. The predicted molar refractivity (Wildman–Crippen MR) is 76.9 cm³/mol. The van der Waals surface area contributed by atoms with Gasteiger partial charge in [-0.2, -0.15) is 0 Å². The van der Waals surface area contributed by atoms with E-state index >= 15 is 0 Å². The fourth-order valence-electron chi connectivity index (χ4n) is 1.72. The number of halogens is 2. The highest BCUT2D eigenvalue weighted by molar-refractivity contribution is 9.11. The molecule has 1 heterocycles. The number of anilines is 1. The van der Waals surface area contributed by atoms with Gasteiger partial charge in [-0.1, -0.05) is 12.1 Å². The normalized spacial score (nSPS) is 11.2. The Morgan fingerprint density at radius 2 is 1.47 bits per heavy atom. The quantitative estimate of drug-likeness (QED) is 0.493. The van der Waals surface area contributed by atoms with E-state index in [1.807, 2.05) is 30.3 Å². The first-order valence-corrected chi connectivity index (χ1v) is 6.55. The second-order valence-corrected chi connectivity index (χ2v) is 5.37. The summed E-state index contributed by atoms with van der Waals surface area (Å²) >= 11 is 6.89. The third-order valence-corrected chi connectivity index (χ3v) is 3.82. The fraction of sp³-hybridized carbons (Fsp3) is 0. The van der Waals surface area contributed by atoms with Crippen LogP contribution in [-0.2, 0) is 0 Å². The maximum atomic E-state index is 6.01. The van der Waals surface area contributed by atoms with E-state index in [0.29, 0.717) is 11.2 Å². The first-order valence-electron chi connectivity index (χ1n) is 4.97. The van der Waals surface area contributed by atoms with E-state index < -0.39 is 0 Å². The summed E-state index contributed by atoms with van der Waals surface area (Å²) in [5, 5.41) is 0. The number of nitrogens with zero attached hydrogens (tertiary/aromatic N) is 2. The van der Waals surface area contributed by atoms with Crippen molar-refractivity contribution in [3.8, 4) is 0 Å². The lowest BCUT2D eigenvalue weighted by Gasteiger charge is -2.07. The Bertz CT molecular complexity index is 740. The molecule has 0 fully saturated rings. The van der Waals surface area contributed by atoms with Gasteiger partial charge in [0.1, 0.15) is 11.0 Å². The van der Waals surface area contributed by atoms with Gasteiger partial charge in [0.25, 0.3) is 0 Å². The summed E-state index contributed by atoms with van der Waals surface area (Å²) in [6, 6.07) is 9.63. The largest absolute Gasteiger partial charge is 0.396 e. The SMILES string of the molecule is Nc1c(Br)cc(Br)c2nc3ccccc3nc12. The Kier molecular flexibility index (Phi) is 2.52. The van der Waals surface area contributed by atoms with Gasteiger partial charge in [-0.15, -0.1) is 0 Å². The van der Waals surface area contributed by atoms with Crippen molar-refractivity contribution in [1.29, 1.82) is 0 Å². The van der Waals surface area contributed by atoms with Gasteiger partial charge in [-0.25, -0.2) is 9.97 Å². The van der Waals surface area contributed by atoms with Crippen molar-refractivity contribution in [1.82, 2.24) is 9.97 Å². The molecule has 0 saturated heterocycles. The first kappa shape index (κ1) is 10.9. The molecule has 0 aliphatic rings. The molecule has 17 heavy (non-hydrogen) atoms. The molecule has 1 aromatic heterocycles. The molecule has 0 amide bonds. The number of nitrogen functional groups attached to an aromatic ring is 1. The van der Waals surface area contributed by atoms with Gasteiger partial charge < -0.3 is 5.73 Å². The maximum absolute atomic E-state index is 6.01. The van der Waals surface area contributed by atoms with E-state index in [0.717, 1.165) is 25.5 Å². The van der Waals surface area contributed by atoms with Crippen LogP contribution in [0.5, 0.6) is 0 Å². The van der Waals surface area contributed by atoms with Crippen LogP contribution < -0.4 is 5.73 Å². The van der Waals surface area contributed by atoms with Gasteiger partial charge >= 0.3 is 0 Å². The molecule has 0 radical (unpaired) electrons. The van der Waals surface area contributed by atoms with Crippen LogP contribution in [0.4, 0.5) is 5.69 Å². The van der Waals surface area contributed by atoms with Crippen LogP contribution >= 0.6 is 31.9 Å². The molecule has 0 atom stereocenters. The lowest BCUT2D eigenvalue weighted by molar-refractivity contribution is 1.38. The van der Waals surface area contributed by atoms with Crippen molar-refractivity contribution >= 4 is 59.6 Å². The molecular formula is C12H7Br2N3. The van der Waals surface area contributed by atoms with Gasteiger partial charge in [0.2, 0.25) is 0 Å². The minimum atomic E-state index is 0.612. The van der Waals surface area contributed by atoms with Crippen molar-refractivity contribution in [2.24, 2.45) is 0 Å². The summed E-state index contributed by atoms with van der Waals surface area (Å²) in [6.07, 6.45) is 0. The Morgan fingerprint density at radius 3 is 2.12 bits per heavy atom. The Hall–Kier alpha value is -1.20. The second kappa shape index (κ2) is 3.92. The molecule has 3 rings (SSSR count). The molecule has 0 aliphatic carbocycles. The van der Waals surface area contributed by atoms with Crippen LogP contribution in [0.25, 0.3) is 22.1 Å². The molecule has 0 saturated carbocycles. The molecular weight excluding hydrogens is 346 g/mol. The number of rotatable bonds is 0. The summed E-state index contributed by atoms with van der Waals surface area (Å²) in [4.78, 5) is 9.12. The van der Waals surface area contributed by atoms with Gasteiger partial charge in [0.05, 0.1) is 16.7 Å². The molecule has 5 heteroatoms. The van der Waals surface area contributed by atoms with Crippen LogP contribution in [-0.4, -0.2) is 9.97 Å². The average molecular weight is 353 g/mol. The average Bonchev–Trinajstić information content (AvgIpc) is 2.34. The van der Waals surface area contributed by atoms with Crippen molar-refractivity contribution in [2.45, 2.75) is 0 Å². The molecule has 3 aromatic rings. The predicted octanol–water partition coefficient (Wildman–Crippen LogP) is 3.89. The van der Waals surface area contributed by atoms with Gasteiger partial charge in [-0.3, -0.25) is 0 Å². The summed E-state index contributed by atoms with van der Waals surface area (Å²) < 4.78 is 1.70. The number of para-hydroxylation sites is 2. The van der Waals surface area contributed by atoms with E-state index in [9.17, 15) is 0 Å². The number of benzene rings is 2. The van der Waals surface area contributed by atoms with Gasteiger partial charge in [-0.05, 0) is 50.1 Å². The zero-order valence-corrected chi connectivity index (χ0v) is 11.8. The van der Waals surface area contributed by atoms with Gasteiger partial charge in [0.15, 0.2) is 0 Å². The van der Waals surface area contributed by atoms with Crippen molar-refractivity contribution in [3.05, 3.63) is 39.3 Å². The van der Waals surface area contributed by atoms with Crippen molar-refractivity contribution < 1.29 is 0 Å². The molecule has 3 nitrogen and oxygen atoms in total. The lowest BCUT2D eigenvalue weighted by atomic mass is 10.2. The van der Waals surface area contributed by atoms with Crippen LogP contribution in [0.2, 0.25) is 0 Å². The Labute approximate surface area is 114 Å². The molecule has 0 bridgehead atoms. The minimum Gasteiger partial charge on any atom is -0.396 e. The first-order chi connectivity index (χ1) is 8.16. The molecule has 2 N–H and O–H groups in total. The molecule has 0 spiro atoms. The summed E-state index contributed by atoms with van der Waals surface area (Å²) in [5.74, 6) is 0. The van der Waals surface area contributed by atoms with E-state index in [2.05, 4.69) is 41.8 Å².